The summed E-state index contributed by atoms with van der Waals surface area (Å²) in [6.07, 6.45) is 0.973. The van der Waals surface area contributed by atoms with Crippen LogP contribution in [0.15, 0.2) is 0 Å². The Hall–Kier alpha value is -1.15. The Kier molecular flexibility index (Phi) is 5.30. The van der Waals surface area contributed by atoms with E-state index in [9.17, 15) is 18.0 Å². The van der Waals surface area contributed by atoms with Crippen LogP contribution in [0.5, 0.6) is 0 Å². The second-order valence-corrected chi connectivity index (χ2v) is 6.39. The number of sulfonamides is 1. The van der Waals surface area contributed by atoms with Crippen molar-refractivity contribution >= 4 is 21.9 Å². The lowest BCUT2D eigenvalue weighted by Crippen LogP contribution is -2.45. The van der Waals surface area contributed by atoms with E-state index >= 15 is 0 Å². The van der Waals surface area contributed by atoms with Crippen molar-refractivity contribution in [3.63, 3.8) is 0 Å². The molecule has 0 radical (unpaired) electrons. The predicted octanol–water partition coefficient (Wildman–Crippen LogP) is -0.266. The maximum Gasteiger partial charge on any atom is 0.326 e. The first-order valence-electron chi connectivity index (χ1n) is 6.33. The van der Waals surface area contributed by atoms with Gasteiger partial charge in [-0.05, 0) is 12.8 Å². The molecule has 0 unspecified atom stereocenters. The van der Waals surface area contributed by atoms with Gasteiger partial charge in [0.1, 0.15) is 11.8 Å². The lowest BCUT2D eigenvalue weighted by atomic mass is 10.2. The number of hydrogen-bond donors (Lipinski definition) is 1. The Morgan fingerprint density at radius 2 is 1.89 bits per heavy atom. The molecule has 8 heteroatoms. The van der Waals surface area contributed by atoms with Gasteiger partial charge in [0.15, 0.2) is 0 Å². The van der Waals surface area contributed by atoms with Gasteiger partial charge in [-0.25, -0.2) is 17.5 Å². The fourth-order valence-electron chi connectivity index (χ4n) is 2.27. The van der Waals surface area contributed by atoms with Crippen molar-refractivity contribution in [3.8, 4) is 0 Å². The minimum absolute atomic E-state index is 0.300. The Morgan fingerprint density at radius 3 is 2.37 bits per heavy atom. The number of carbonyl (C=O) groups is 2. The summed E-state index contributed by atoms with van der Waals surface area (Å²) >= 11 is 0. The number of carbonyl (C=O) groups excluding carboxylic acids is 1. The highest BCUT2D eigenvalue weighted by molar-refractivity contribution is 7.89. The van der Waals surface area contributed by atoms with Crippen molar-refractivity contribution in [1.82, 2.24) is 9.21 Å². The van der Waals surface area contributed by atoms with E-state index in [1.807, 2.05) is 0 Å². The molecule has 110 valence electrons. The Morgan fingerprint density at radius 1 is 1.32 bits per heavy atom. The van der Waals surface area contributed by atoms with Crippen LogP contribution in [0.2, 0.25) is 0 Å². The molecule has 1 heterocycles. The number of likely N-dealkylation sites (tertiary alicyclic amines) is 1. The van der Waals surface area contributed by atoms with E-state index in [0.29, 0.717) is 32.5 Å². The molecule has 1 rings (SSSR count). The van der Waals surface area contributed by atoms with Gasteiger partial charge in [0.25, 0.3) is 0 Å². The molecule has 7 nitrogen and oxygen atoms in total. The van der Waals surface area contributed by atoms with Gasteiger partial charge in [0.05, 0.1) is 0 Å². The van der Waals surface area contributed by atoms with Crippen LogP contribution in [0.1, 0.15) is 26.7 Å². The molecule has 0 aromatic heterocycles. The SMILES string of the molecule is CCN(CC)S(=O)(=O)CC(=O)N1CCC[C@H]1C(=O)O. The van der Waals surface area contributed by atoms with Gasteiger partial charge in [-0.3, -0.25) is 4.79 Å². The molecule has 1 aliphatic heterocycles. The van der Waals surface area contributed by atoms with Crippen LogP contribution in [0.25, 0.3) is 0 Å². The van der Waals surface area contributed by atoms with Crippen LogP contribution in [-0.4, -0.2) is 66.0 Å². The molecule has 0 saturated carbocycles. The fraction of sp³-hybridized carbons (Fsp3) is 0.818. The van der Waals surface area contributed by atoms with E-state index in [1.165, 1.54) is 4.31 Å². The molecular weight excluding hydrogens is 272 g/mol. The standard InChI is InChI=1S/C11H20N2O5S/c1-3-12(4-2)19(17,18)8-10(14)13-7-5-6-9(13)11(15)16/h9H,3-8H2,1-2H3,(H,15,16)/t9-/m0/s1. The summed E-state index contributed by atoms with van der Waals surface area (Å²) in [4.78, 5) is 24.1. The normalized spacial score (nSPS) is 19.9. The maximum absolute atomic E-state index is 12.0. The van der Waals surface area contributed by atoms with Crippen LogP contribution in [0.3, 0.4) is 0 Å². The lowest BCUT2D eigenvalue weighted by molar-refractivity contribution is -0.147. The van der Waals surface area contributed by atoms with Gasteiger partial charge in [-0.15, -0.1) is 0 Å². The average molecular weight is 292 g/mol. The summed E-state index contributed by atoms with van der Waals surface area (Å²) in [5.74, 6) is -2.36. The average Bonchev–Trinajstić information content (AvgIpc) is 2.78. The largest absolute Gasteiger partial charge is 0.480 e. The monoisotopic (exact) mass is 292 g/mol. The molecule has 1 N–H and O–H groups in total. The summed E-state index contributed by atoms with van der Waals surface area (Å²) in [6, 6.07) is -0.889. The highest BCUT2D eigenvalue weighted by Crippen LogP contribution is 2.18. The third-order valence-corrected chi connectivity index (χ3v) is 5.18. The molecule has 0 aromatic rings. The molecule has 19 heavy (non-hydrogen) atoms. The number of aliphatic carboxylic acids is 1. The Balaban J connectivity index is 2.77. The van der Waals surface area contributed by atoms with E-state index in [1.54, 1.807) is 13.8 Å². The number of carboxylic acids is 1. The lowest BCUT2D eigenvalue weighted by Gasteiger charge is -2.23. The van der Waals surface area contributed by atoms with Crippen molar-refractivity contribution in [2.75, 3.05) is 25.4 Å². The van der Waals surface area contributed by atoms with Crippen molar-refractivity contribution < 1.29 is 23.1 Å². The molecule has 0 spiro atoms. The van der Waals surface area contributed by atoms with Gasteiger partial charge < -0.3 is 10.0 Å². The van der Waals surface area contributed by atoms with E-state index in [2.05, 4.69) is 0 Å². The molecule has 1 atom stereocenters. The number of carboxylic acid groups (broad SMARTS) is 1. The second-order valence-electron chi connectivity index (χ2n) is 4.42. The number of nitrogens with zero attached hydrogens (tertiary/aromatic N) is 2. The summed E-state index contributed by atoms with van der Waals surface area (Å²) in [7, 11) is -3.66. The minimum Gasteiger partial charge on any atom is -0.480 e. The van der Waals surface area contributed by atoms with Gasteiger partial charge in [0.2, 0.25) is 15.9 Å². The third-order valence-electron chi connectivity index (χ3n) is 3.26. The number of amides is 1. The van der Waals surface area contributed by atoms with E-state index in [4.69, 9.17) is 5.11 Å². The van der Waals surface area contributed by atoms with Gasteiger partial charge >= 0.3 is 5.97 Å². The van der Waals surface area contributed by atoms with Crippen LogP contribution in [0, 0.1) is 0 Å². The molecule has 1 fully saturated rings. The summed E-state index contributed by atoms with van der Waals surface area (Å²) in [5.41, 5.74) is 0. The quantitative estimate of drug-likeness (QED) is 0.727. The zero-order valence-corrected chi connectivity index (χ0v) is 12.0. The van der Waals surface area contributed by atoms with E-state index in [-0.39, 0.29) is 0 Å². The van der Waals surface area contributed by atoms with Crippen molar-refractivity contribution in [1.29, 1.82) is 0 Å². The summed E-state index contributed by atoms with van der Waals surface area (Å²) in [5, 5.41) is 8.98. The first-order chi connectivity index (χ1) is 8.83. The van der Waals surface area contributed by atoms with Crippen molar-refractivity contribution in [2.45, 2.75) is 32.7 Å². The van der Waals surface area contributed by atoms with Crippen LogP contribution in [-0.2, 0) is 19.6 Å². The third kappa shape index (κ3) is 3.66. The first-order valence-corrected chi connectivity index (χ1v) is 7.94. The topological polar surface area (TPSA) is 95.0 Å². The van der Waals surface area contributed by atoms with Crippen LogP contribution < -0.4 is 0 Å². The smallest absolute Gasteiger partial charge is 0.326 e. The van der Waals surface area contributed by atoms with E-state index < -0.39 is 33.7 Å². The summed E-state index contributed by atoms with van der Waals surface area (Å²) in [6.45, 7) is 4.30. The zero-order valence-electron chi connectivity index (χ0n) is 11.2. The van der Waals surface area contributed by atoms with Gasteiger partial charge in [-0.2, -0.15) is 0 Å². The Bertz CT molecular complexity index is 444. The maximum atomic E-state index is 12.0. The molecule has 0 aromatic carbocycles. The highest BCUT2D eigenvalue weighted by Gasteiger charge is 2.36. The zero-order chi connectivity index (χ0) is 14.6. The minimum atomic E-state index is -3.66. The molecular formula is C11H20N2O5S. The predicted molar refractivity (Wildman–Crippen MR) is 69.1 cm³/mol. The van der Waals surface area contributed by atoms with Crippen LogP contribution in [0.4, 0.5) is 0 Å². The number of hydrogen-bond acceptors (Lipinski definition) is 4. The van der Waals surface area contributed by atoms with Gasteiger partial charge in [-0.1, -0.05) is 13.8 Å². The van der Waals surface area contributed by atoms with Crippen molar-refractivity contribution in [3.05, 3.63) is 0 Å². The van der Waals surface area contributed by atoms with Crippen LogP contribution >= 0.6 is 0 Å². The molecule has 0 bridgehead atoms. The first kappa shape index (κ1) is 15.9. The number of rotatable bonds is 6. The van der Waals surface area contributed by atoms with E-state index in [0.717, 1.165) is 4.90 Å². The Labute approximate surface area is 113 Å². The molecule has 1 saturated heterocycles. The molecule has 1 aliphatic rings. The summed E-state index contributed by atoms with van der Waals surface area (Å²) < 4.78 is 25.1. The van der Waals surface area contributed by atoms with Crippen molar-refractivity contribution in [2.24, 2.45) is 0 Å². The fourth-order valence-corrected chi connectivity index (χ4v) is 3.72. The molecule has 1 amide bonds. The highest BCUT2D eigenvalue weighted by atomic mass is 32.2. The molecule has 0 aliphatic carbocycles. The van der Waals surface area contributed by atoms with Gasteiger partial charge in [0, 0.05) is 19.6 Å². The second kappa shape index (κ2) is 6.33.